The van der Waals surface area contributed by atoms with Gasteiger partial charge in [-0.3, -0.25) is 9.69 Å². The maximum atomic E-state index is 12.1. The van der Waals surface area contributed by atoms with Crippen molar-refractivity contribution in [1.29, 1.82) is 0 Å². The molecule has 0 amide bonds. The summed E-state index contributed by atoms with van der Waals surface area (Å²) in [4.78, 5) is 14.3. The van der Waals surface area contributed by atoms with Crippen LogP contribution < -0.4 is 0 Å². The fraction of sp³-hybridized carbons (Fsp3) is 0.900. The number of rotatable bonds is 2. The molecular formula is C10H17NO2S. The van der Waals surface area contributed by atoms with E-state index in [1.54, 1.807) is 0 Å². The Hall–Kier alpha value is -0.0600. The number of hydrogen-bond donors (Lipinski definition) is 0. The molecule has 14 heavy (non-hydrogen) atoms. The lowest BCUT2D eigenvalue weighted by Gasteiger charge is -2.32. The second kappa shape index (κ2) is 4.64. The van der Waals surface area contributed by atoms with Gasteiger partial charge in [0.25, 0.3) is 0 Å². The highest BCUT2D eigenvalue weighted by molar-refractivity contribution is 7.99. The van der Waals surface area contributed by atoms with Crippen LogP contribution in [-0.2, 0) is 9.53 Å². The van der Waals surface area contributed by atoms with E-state index >= 15 is 0 Å². The number of carbonyl (C=O) groups is 1. The summed E-state index contributed by atoms with van der Waals surface area (Å²) in [6.45, 7) is 2.45. The van der Waals surface area contributed by atoms with Crippen LogP contribution in [0.15, 0.2) is 0 Å². The first-order valence-electron chi connectivity index (χ1n) is 5.18. The monoisotopic (exact) mass is 215 g/mol. The Kier molecular flexibility index (Phi) is 3.47. The number of Topliss-reactive ketones (excluding diaryl/α,β-unsaturated/α-hetero) is 1. The third kappa shape index (κ3) is 2.12. The molecule has 2 aliphatic rings. The van der Waals surface area contributed by atoms with E-state index in [9.17, 15) is 4.79 Å². The summed E-state index contributed by atoms with van der Waals surface area (Å²) in [6, 6.07) is 0.139. The van der Waals surface area contributed by atoms with Gasteiger partial charge in [0.1, 0.15) is 0 Å². The number of ketones is 1. The van der Waals surface area contributed by atoms with Gasteiger partial charge < -0.3 is 4.74 Å². The van der Waals surface area contributed by atoms with Crippen LogP contribution in [0.1, 0.15) is 6.42 Å². The van der Waals surface area contributed by atoms with Gasteiger partial charge in [0, 0.05) is 30.6 Å². The summed E-state index contributed by atoms with van der Waals surface area (Å²) >= 11 is 1.89. The first-order valence-corrected chi connectivity index (χ1v) is 6.34. The van der Waals surface area contributed by atoms with Gasteiger partial charge in [0.2, 0.25) is 0 Å². The predicted molar refractivity (Wildman–Crippen MR) is 57.7 cm³/mol. The molecule has 0 bridgehead atoms. The van der Waals surface area contributed by atoms with Crippen LogP contribution in [-0.4, -0.2) is 55.0 Å². The predicted octanol–water partition coefficient (Wildman–Crippen LogP) is 0.639. The van der Waals surface area contributed by atoms with Crippen LogP contribution in [0, 0.1) is 5.92 Å². The summed E-state index contributed by atoms with van der Waals surface area (Å²) in [5.41, 5.74) is 0. The molecule has 0 saturated carbocycles. The average Bonchev–Trinajstić information content (AvgIpc) is 2.70. The van der Waals surface area contributed by atoms with E-state index in [-0.39, 0.29) is 12.0 Å². The smallest absolute Gasteiger partial charge is 0.156 e. The van der Waals surface area contributed by atoms with Crippen molar-refractivity contribution in [3.05, 3.63) is 0 Å². The van der Waals surface area contributed by atoms with Crippen molar-refractivity contribution in [2.75, 3.05) is 38.3 Å². The van der Waals surface area contributed by atoms with Crippen molar-refractivity contribution in [2.24, 2.45) is 5.92 Å². The zero-order valence-corrected chi connectivity index (χ0v) is 9.39. The highest BCUT2D eigenvalue weighted by Crippen LogP contribution is 2.22. The lowest BCUT2D eigenvalue weighted by molar-refractivity contribution is -0.127. The standard InChI is InChI=1S/C10H17NO2S/c1-11-3-5-14-7-9(11)10(12)8-2-4-13-6-8/h8-9H,2-7H2,1H3. The van der Waals surface area contributed by atoms with Crippen molar-refractivity contribution in [3.8, 4) is 0 Å². The highest BCUT2D eigenvalue weighted by atomic mass is 32.2. The molecule has 0 aromatic heterocycles. The zero-order chi connectivity index (χ0) is 9.97. The van der Waals surface area contributed by atoms with Crippen LogP contribution in [0.3, 0.4) is 0 Å². The summed E-state index contributed by atoms with van der Waals surface area (Å²) < 4.78 is 5.26. The maximum absolute atomic E-state index is 12.1. The molecule has 2 atom stereocenters. The lowest BCUT2D eigenvalue weighted by Crippen LogP contribution is -2.47. The first kappa shape index (κ1) is 10.5. The van der Waals surface area contributed by atoms with E-state index in [4.69, 9.17) is 4.74 Å². The number of nitrogens with zero attached hydrogens (tertiary/aromatic N) is 1. The lowest BCUT2D eigenvalue weighted by atomic mass is 9.97. The molecule has 2 fully saturated rings. The fourth-order valence-corrected chi connectivity index (χ4v) is 3.24. The molecule has 2 rings (SSSR count). The minimum absolute atomic E-state index is 0.139. The Balaban J connectivity index is 1.94. The molecule has 2 heterocycles. The molecule has 0 aromatic rings. The molecule has 0 N–H and O–H groups in total. The van der Waals surface area contributed by atoms with Crippen LogP contribution in [0.25, 0.3) is 0 Å². The molecule has 2 saturated heterocycles. The summed E-state index contributed by atoms with van der Waals surface area (Å²) in [6.07, 6.45) is 0.924. The minimum Gasteiger partial charge on any atom is -0.381 e. The van der Waals surface area contributed by atoms with Crippen molar-refractivity contribution < 1.29 is 9.53 Å². The van der Waals surface area contributed by atoms with Crippen LogP contribution in [0.2, 0.25) is 0 Å². The Bertz CT molecular complexity index is 216. The third-order valence-electron chi connectivity index (χ3n) is 3.06. The van der Waals surface area contributed by atoms with Gasteiger partial charge in [-0.1, -0.05) is 0 Å². The largest absolute Gasteiger partial charge is 0.381 e. The number of carbonyl (C=O) groups excluding carboxylic acids is 1. The van der Waals surface area contributed by atoms with Gasteiger partial charge in [0.05, 0.1) is 12.6 Å². The Morgan fingerprint density at radius 2 is 2.43 bits per heavy atom. The summed E-state index contributed by atoms with van der Waals surface area (Å²) in [5.74, 6) is 2.69. The second-order valence-electron chi connectivity index (χ2n) is 4.03. The number of hydrogen-bond acceptors (Lipinski definition) is 4. The minimum atomic E-state index is 0.139. The molecule has 0 radical (unpaired) electrons. The summed E-state index contributed by atoms with van der Waals surface area (Å²) in [5, 5.41) is 0. The Labute approximate surface area is 89.2 Å². The quantitative estimate of drug-likeness (QED) is 0.676. The zero-order valence-electron chi connectivity index (χ0n) is 8.57. The van der Waals surface area contributed by atoms with E-state index < -0.39 is 0 Å². The van der Waals surface area contributed by atoms with Crippen molar-refractivity contribution in [1.82, 2.24) is 4.90 Å². The second-order valence-corrected chi connectivity index (χ2v) is 5.18. The molecular weight excluding hydrogens is 198 g/mol. The first-order chi connectivity index (χ1) is 6.79. The fourth-order valence-electron chi connectivity index (χ4n) is 2.02. The number of thioether (sulfide) groups is 1. The third-order valence-corrected chi connectivity index (χ3v) is 4.08. The molecule has 2 aliphatic heterocycles. The van der Waals surface area contributed by atoms with Crippen LogP contribution >= 0.6 is 11.8 Å². The molecule has 3 nitrogen and oxygen atoms in total. The van der Waals surface area contributed by atoms with Gasteiger partial charge in [-0.2, -0.15) is 11.8 Å². The summed E-state index contributed by atoms with van der Waals surface area (Å²) in [7, 11) is 2.05. The molecule has 80 valence electrons. The van der Waals surface area contributed by atoms with Gasteiger partial charge in [0.15, 0.2) is 5.78 Å². The molecule has 0 aromatic carbocycles. The highest BCUT2D eigenvalue weighted by Gasteiger charge is 2.33. The van der Waals surface area contributed by atoms with Gasteiger partial charge >= 0.3 is 0 Å². The number of likely N-dealkylation sites (N-methyl/N-ethyl adjacent to an activating group) is 1. The Morgan fingerprint density at radius 3 is 3.07 bits per heavy atom. The van der Waals surface area contributed by atoms with E-state index in [1.165, 1.54) is 0 Å². The van der Waals surface area contributed by atoms with E-state index in [2.05, 4.69) is 11.9 Å². The van der Waals surface area contributed by atoms with Crippen molar-refractivity contribution in [2.45, 2.75) is 12.5 Å². The SMILES string of the molecule is CN1CCSCC1C(=O)C1CCOC1. The van der Waals surface area contributed by atoms with E-state index in [0.717, 1.165) is 31.1 Å². The van der Waals surface area contributed by atoms with Gasteiger partial charge in [-0.05, 0) is 13.5 Å². The molecule has 4 heteroatoms. The Morgan fingerprint density at radius 1 is 1.57 bits per heavy atom. The molecule has 2 unspecified atom stereocenters. The molecule has 0 aliphatic carbocycles. The van der Waals surface area contributed by atoms with E-state index in [1.807, 2.05) is 11.8 Å². The van der Waals surface area contributed by atoms with Gasteiger partial charge in [-0.25, -0.2) is 0 Å². The maximum Gasteiger partial charge on any atom is 0.156 e. The van der Waals surface area contributed by atoms with Crippen molar-refractivity contribution >= 4 is 17.5 Å². The van der Waals surface area contributed by atoms with E-state index in [0.29, 0.717) is 12.4 Å². The van der Waals surface area contributed by atoms with Crippen LogP contribution in [0.4, 0.5) is 0 Å². The van der Waals surface area contributed by atoms with Gasteiger partial charge in [-0.15, -0.1) is 0 Å². The normalized spacial score (nSPS) is 34.6. The topological polar surface area (TPSA) is 29.5 Å². The number of ether oxygens (including phenoxy) is 1. The van der Waals surface area contributed by atoms with Crippen LogP contribution in [0.5, 0.6) is 0 Å². The molecule has 0 spiro atoms. The average molecular weight is 215 g/mol. The van der Waals surface area contributed by atoms with Crippen molar-refractivity contribution in [3.63, 3.8) is 0 Å².